The zero-order valence-electron chi connectivity index (χ0n) is 16.1. The number of carbonyl (C=O) groups excluding carboxylic acids is 1. The van der Waals surface area contributed by atoms with Gasteiger partial charge in [0, 0.05) is 31.7 Å². The number of nitrogens with zero attached hydrogens (tertiary/aromatic N) is 2. The van der Waals surface area contributed by atoms with Crippen LogP contribution >= 0.6 is 24.0 Å². The van der Waals surface area contributed by atoms with Crippen LogP contribution in [0.25, 0.3) is 0 Å². The Balaban J connectivity index is 0.00000576. The van der Waals surface area contributed by atoms with E-state index >= 15 is 0 Å². The molecule has 0 aromatic heterocycles. The summed E-state index contributed by atoms with van der Waals surface area (Å²) in [6.45, 7) is 14.2. The van der Waals surface area contributed by atoms with Gasteiger partial charge in [-0.2, -0.15) is 0 Å². The molecule has 0 radical (unpaired) electrons. The predicted octanol–water partition coefficient (Wildman–Crippen LogP) is 3.50. The molecule has 0 atom stereocenters. The van der Waals surface area contributed by atoms with Crippen molar-refractivity contribution in [2.45, 2.75) is 41.2 Å². The topological polar surface area (TPSA) is 56.7 Å². The van der Waals surface area contributed by atoms with Gasteiger partial charge in [-0.05, 0) is 44.4 Å². The Morgan fingerprint density at radius 1 is 1.08 bits per heavy atom. The first-order valence-electron chi connectivity index (χ1n) is 8.92. The lowest BCUT2D eigenvalue weighted by Gasteiger charge is -2.18. The van der Waals surface area contributed by atoms with E-state index in [9.17, 15) is 4.79 Å². The summed E-state index contributed by atoms with van der Waals surface area (Å²) in [6, 6.07) is 7.73. The summed E-state index contributed by atoms with van der Waals surface area (Å²) in [6.07, 6.45) is 0. The van der Waals surface area contributed by atoms with Crippen molar-refractivity contribution >= 4 is 35.8 Å². The SMILES string of the molecule is CCNC(=NCc1ccc(C(=O)N(CC)CC)cc1)NCC(C)C.I. The molecule has 0 saturated carbocycles. The molecule has 0 aliphatic heterocycles. The molecular formula is C19H33IN4O. The molecule has 2 N–H and O–H groups in total. The normalized spacial score (nSPS) is 11.0. The Hall–Kier alpha value is -1.31. The number of halogens is 1. The fraction of sp³-hybridized carbons (Fsp3) is 0.579. The van der Waals surface area contributed by atoms with Crippen molar-refractivity contribution in [2.24, 2.45) is 10.9 Å². The number of nitrogens with one attached hydrogen (secondary N) is 2. The predicted molar refractivity (Wildman–Crippen MR) is 117 cm³/mol. The Kier molecular flexibility index (Phi) is 12.3. The fourth-order valence-corrected chi connectivity index (χ4v) is 2.26. The van der Waals surface area contributed by atoms with Gasteiger partial charge in [-0.3, -0.25) is 4.79 Å². The van der Waals surface area contributed by atoms with E-state index in [1.807, 2.05) is 43.0 Å². The van der Waals surface area contributed by atoms with Crippen LogP contribution in [-0.2, 0) is 6.54 Å². The van der Waals surface area contributed by atoms with Crippen LogP contribution in [0.15, 0.2) is 29.3 Å². The van der Waals surface area contributed by atoms with Crippen LogP contribution in [0.4, 0.5) is 0 Å². The van der Waals surface area contributed by atoms with E-state index in [4.69, 9.17) is 0 Å². The Morgan fingerprint density at radius 3 is 2.16 bits per heavy atom. The third-order valence-corrected chi connectivity index (χ3v) is 3.69. The third kappa shape index (κ3) is 8.56. The van der Waals surface area contributed by atoms with Crippen LogP contribution in [0.1, 0.15) is 50.5 Å². The van der Waals surface area contributed by atoms with Gasteiger partial charge in [-0.1, -0.05) is 26.0 Å². The highest BCUT2D eigenvalue weighted by atomic mass is 127. The molecule has 25 heavy (non-hydrogen) atoms. The van der Waals surface area contributed by atoms with Crippen molar-refractivity contribution < 1.29 is 4.79 Å². The molecule has 0 bridgehead atoms. The van der Waals surface area contributed by atoms with Gasteiger partial charge in [0.1, 0.15) is 0 Å². The smallest absolute Gasteiger partial charge is 0.253 e. The van der Waals surface area contributed by atoms with Gasteiger partial charge >= 0.3 is 0 Å². The molecule has 0 spiro atoms. The molecule has 0 heterocycles. The quantitative estimate of drug-likeness (QED) is 0.355. The molecule has 0 fully saturated rings. The number of amides is 1. The van der Waals surface area contributed by atoms with Crippen LogP contribution < -0.4 is 10.6 Å². The maximum atomic E-state index is 12.3. The highest BCUT2D eigenvalue weighted by Crippen LogP contribution is 2.09. The van der Waals surface area contributed by atoms with Gasteiger partial charge < -0.3 is 15.5 Å². The summed E-state index contributed by atoms with van der Waals surface area (Å²) in [5.74, 6) is 1.48. The third-order valence-electron chi connectivity index (χ3n) is 3.69. The van der Waals surface area contributed by atoms with Crippen molar-refractivity contribution in [3.05, 3.63) is 35.4 Å². The molecule has 6 heteroatoms. The van der Waals surface area contributed by atoms with Crippen LogP contribution in [0.2, 0.25) is 0 Å². The van der Waals surface area contributed by atoms with E-state index in [1.165, 1.54) is 0 Å². The number of carbonyl (C=O) groups is 1. The fourth-order valence-electron chi connectivity index (χ4n) is 2.26. The largest absolute Gasteiger partial charge is 0.357 e. The standard InChI is InChI=1S/C19H32N4O.HI/c1-6-20-19(21-13-15(4)5)22-14-16-9-11-17(12-10-16)18(24)23(7-2)8-3;/h9-12,15H,6-8,13-14H2,1-5H3,(H2,20,21,22);1H. The summed E-state index contributed by atoms with van der Waals surface area (Å²) in [7, 11) is 0. The molecule has 0 saturated heterocycles. The van der Waals surface area contributed by atoms with E-state index in [0.29, 0.717) is 12.5 Å². The minimum Gasteiger partial charge on any atom is -0.357 e. The summed E-state index contributed by atoms with van der Waals surface area (Å²) >= 11 is 0. The van der Waals surface area contributed by atoms with Gasteiger partial charge in [0.05, 0.1) is 6.54 Å². The molecule has 0 aliphatic carbocycles. The van der Waals surface area contributed by atoms with Crippen LogP contribution in [0.3, 0.4) is 0 Å². The van der Waals surface area contributed by atoms with Crippen molar-refractivity contribution in [3.63, 3.8) is 0 Å². The van der Waals surface area contributed by atoms with Gasteiger partial charge in [0.15, 0.2) is 5.96 Å². The molecule has 0 unspecified atom stereocenters. The Labute approximate surface area is 169 Å². The highest BCUT2D eigenvalue weighted by Gasteiger charge is 2.11. The second kappa shape index (κ2) is 13.0. The summed E-state index contributed by atoms with van der Waals surface area (Å²) < 4.78 is 0. The molecule has 0 aliphatic rings. The highest BCUT2D eigenvalue weighted by molar-refractivity contribution is 14.0. The number of rotatable bonds is 8. The van der Waals surface area contributed by atoms with E-state index < -0.39 is 0 Å². The number of hydrogen-bond acceptors (Lipinski definition) is 2. The number of aliphatic imine (C=N–C) groups is 1. The van der Waals surface area contributed by atoms with Crippen molar-refractivity contribution in [1.82, 2.24) is 15.5 Å². The van der Waals surface area contributed by atoms with E-state index in [2.05, 4.69) is 36.4 Å². The van der Waals surface area contributed by atoms with Crippen LogP contribution in [0.5, 0.6) is 0 Å². The number of guanidine groups is 1. The Bertz CT molecular complexity index is 525. The molecule has 1 aromatic rings. The Morgan fingerprint density at radius 2 is 1.68 bits per heavy atom. The molecule has 1 rings (SSSR count). The van der Waals surface area contributed by atoms with E-state index in [-0.39, 0.29) is 29.9 Å². The van der Waals surface area contributed by atoms with Crippen LogP contribution in [-0.4, -0.2) is 42.9 Å². The molecular weight excluding hydrogens is 427 g/mol. The van der Waals surface area contributed by atoms with Gasteiger partial charge in [0.25, 0.3) is 5.91 Å². The summed E-state index contributed by atoms with van der Waals surface area (Å²) in [5.41, 5.74) is 1.82. The molecule has 5 nitrogen and oxygen atoms in total. The molecule has 1 amide bonds. The monoisotopic (exact) mass is 460 g/mol. The summed E-state index contributed by atoms with van der Waals surface area (Å²) in [4.78, 5) is 18.7. The van der Waals surface area contributed by atoms with Crippen molar-refractivity contribution in [2.75, 3.05) is 26.2 Å². The maximum absolute atomic E-state index is 12.3. The van der Waals surface area contributed by atoms with Gasteiger partial charge in [-0.25, -0.2) is 4.99 Å². The lowest BCUT2D eigenvalue weighted by atomic mass is 10.1. The first-order chi connectivity index (χ1) is 11.5. The van der Waals surface area contributed by atoms with Gasteiger partial charge in [0.2, 0.25) is 0 Å². The minimum absolute atomic E-state index is 0. The lowest BCUT2D eigenvalue weighted by Crippen LogP contribution is -2.39. The van der Waals surface area contributed by atoms with E-state index in [1.54, 1.807) is 0 Å². The zero-order valence-corrected chi connectivity index (χ0v) is 18.5. The average molecular weight is 460 g/mol. The number of benzene rings is 1. The lowest BCUT2D eigenvalue weighted by molar-refractivity contribution is 0.0773. The minimum atomic E-state index is 0. The number of hydrogen-bond donors (Lipinski definition) is 2. The van der Waals surface area contributed by atoms with Gasteiger partial charge in [-0.15, -0.1) is 24.0 Å². The van der Waals surface area contributed by atoms with Crippen LogP contribution in [0, 0.1) is 5.92 Å². The van der Waals surface area contributed by atoms with E-state index in [0.717, 1.165) is 43.3 Å². The second-order valence-corrected chi connectivity index (χ2v) is 6.14. The summed E-state index contributed by atoms with van der Waals surface area (Å²) in [5, 5.41) is 6.57. The second-order valence-electron chi connectivity index (χ2n) is 6.14. The first kappa shape index (κ1) is 23.7. The van der Waals surface area contributed by atoms with Crippen molar-refractivity contribution in [3.8, 4) is 0 Å². The average Bonchev–Trinajstić information content (AvgIpc) is 2.58. The maximum Gasteiger partial charge on any atom is 0.253 e. The van der Waals surface area contributed by atoms with Crippen molar-refractivity contribution in [1.29, 1.82) is 0 Å². The zero-order chi connectivity index (χ0) is 17.9. The molecule has 1 aromatic carbocycles. The molecule has 142 valence electrons. The first-order valence-corrected chi connectivity index (χ1v) is 8.92.